The molecule has 0 fully saturated rings. The van der Waals surface area contributed by atoms with Gasteiger partial charge in [0.05, 0.1) is 10.0 Å². The van der Waals surface area contributed by atoms with E-state index in [1.54, 1.807) is 6.07 Å². The van der Waals surface area contributed by atoms with Crippen LogP contribution in [0, 0.1) is 0 Å². The van der Waals surface area contributed by atoms with E-state index in [0.717, 1.165) is 18.4 Å². The molecule has 1 aromatic rings. The molecule has 80 valence electrons. The van der Waals surface area contributed by atoms with Crippen molar-refractivity contribution >= 4 is 35.6 Å². The van der Waals surface area contributed by atoms with Crippen LogP contribution in [-0.2, 0) is 0 Å². The second-order valence-corrected chi connectivity index (χ2v) is 3.88. The smallest absolute Gasteiger partial charge is 0.0595 e. The van der Waals surface area contributed by atoms with E-state index in [-0.39, 0.29) is 18.4 Å². The van der Waals surface area contributed by atoms with Gasteiger partial charge in [0.1, 0.15) is 0 Å². The SMILES string of the molecule is CCC[C@@H](N)c1ccc(Cl)c(Cl)c1.Cl. The highest BCUT2D eigenvalue weighted by atomic mass is 35.5. The predicted octanol–water partition coefficient (Wildman–Crippen LogP) is 4.22. The molecule has 0 radical (unpaired) electrons. The van der Waals surface area contributed by atoms with Gasteiger partial charge in [0.25, 0.3) is 0 Å². The van der Waals surface area contributed by atoms with E-state index in [4.69, 9.17) is 28.9 Å². The molecule has 1 aromatic carbocycles. The topological polar surface area (TPSA) is 26.0 Å². The zero-order chi connectivity index (χ0) is 9.84. The maximum Gasteiger partial charge on any atom is 0.0595 e. The predicted molar refractivity (Wildman–Crippen MR) is 65.5 cm³/mol. The highest BCUT2D eigenvalue weighted by molar-refractivity contribution is 6.42. The van der Waals surface area contributed by atoms with Gasteiger partial charge in [0.2, 0.25) is 0 Å². The van der Waals surface area contributed by atoms with Gasteiger partial charge < -0.3 is 5.73 Å². The normalized spacial score (nSPS) is 12.0. The van der Waals surface area contributed by atoms with Gasteiger partial charge in [-0.3, -0.25) is 0 Å². The fourth-order valence-corrected chi connectivity index (χ4v) is 1.53. The second-order valence-electron chi connectivity index (χ2n) is 3.07. The van der Waals surface area contributed by atoms with Crippen LogP contribution in [0.3, 0.4) is 0 Å². The van der Waals surface area contributed by atoms with E-state index in [1.165, 1.54) is 0 Å². The van der Waals surface area contributed by atoms with Crippen molar-refractivity contribution in [2.75, 3.05) is 0 Å². The summed E-state index contributed by atoms with van der Waals surface area (Å²) in [6.07, 6.45) is 2.04. The average Bonchev–Trinajstić information content (AvgIpc) is 2.10. The Kier molecular flexibility index (Phi) is 6.54. The Labute approximate surface area is 101 Å². The molecule has 0 spiro atoms. The van der Waals surface area contributed by atoms with Crippen LogP contribution in [-0.4, -0.2) is 0 Å². The van der Waals surface area contributed by atoms with Crippen LogP contribution in [0.15, 0.2) is 18.2 Å². The first kappa shape index (κ1) is 14.1. The van der Waals surface area contributed by atoms with E-state index < -0.39 is 0 Å². The van der Waals surface area contributed by atoms with Crippen molar-refractivity contribution in [3.8, 4) is 0 Å². The summed E-state index contributed by atoms with van der Waals surface area (Å²) in [5.41, 5.74) is 6.97. The standard InChI is InChI=1S/C10H13Cl2N.ClH/c1-2-3-10(13)7-4-5-8(11)9(12)6-7;/h4-6,10H,2-3,13H2,1H3;1H/t10-;/m1./s1. The molecule has 14 heavy (non-hydrogen) atoms. The van der Waals surface area contributed by atoms with E-state index in [0.29, 0.717) is 10.0 Å². The number of halogens is 3. The summed E-state index contributed by atoms with van der Waals surface area (Å²) in [5.74, 6) is 0. The average molecular weight is 255 g/mol. The van der Waals surface area contributed by atoms with Gasteiger partial charge in [-0.2, -0.15) is 0 Å². The molecule has 4 heteroatoms. The Balaban J connectivity index is 0.00000169. The zero-order valence-electron chi connectivity index (χ0n) is 7.97. The summed E-state index contributed by atoms with van der Waals surface area (Å²) in [7, 11) is 0. The van der Waals surface area contributed by atoms with Gasteiger partial charge >= 0.3 is 0 Å². The van der Waals surface area contributed by atoms with Crippen molar-refractivity contribution in [3.05, 3.63) is 33.8 Å². The molecule has 0 aliphatic heterocycles. The van der Waals surface area contributed by atoms with Crippen molar-refractivity contribution in [1.29, 1.82) is 0 Å². The molecule has 0 bridgehead atoms. The van der Waals surface area contributed by atoms with Gasteiger partial charge in [0, 0.05) is 6.04 Å². The fourth-order valence-electron chi connectivity index (χ4n) is 1.22. The number of hydrogen-bond donors (Lipinski definition) is 1. The van der Waals surface area contributed by atoms with Gasteiger partial charge in [-0.1, -0.05) is 42.6 Å². The van der Waals surface area contributed by atoms with Crippen molar-refractivity contribution in [2.45, 2.75) is 25.8 Å². The van der Waals surface area contributed by atoms with Crippen LogP contribution in [0.2, 0.25) is 10.0 Å². The molecule has 0 aliphatic rings. The Morgan fingerprint density at radius 1 is 1.29 bits per heavy atom. The molecule has 0 aromatic heterocycles. The molecule has 0 saturated heterocycles. The van der Waals surface area contributed by atoms with E-state index >= 15 is 0 Å². The second kappa shape index (κ2) is 6.52. The first-order valence-electron chi connectivity index (χ1n) is 4.35. The Morgan fingerprint density at radius 3 is 2.43 bits per heavy atom. The summed E-state index contributed by atoms with van der Waals surface area (Å²) in [6.45, 7) is 2.11. The van der Waals surface area contributed by atoms with E-state index in [9.17, 15) is 0 Å². The summed E-state index contributed by atoms with van der Waals surface area (Å²) in [4.78, 5) is 0. The highest BCUT2D eigenvalue weighted by Gasteiger charge is 2.06. The van der Waals surface area contributed by atoms with Crippen molar-refractivity contribution in [1.82, 2.24) is 0 Å². The zero-order valence-corrected chi connectivity index (χ0v) is 10.3. The minimum Gasteiger partial charge on any atom is -0.324 e. The van der Waals surface area contributed by atoms with Gasteiger partial charge in [-0.15, -0.1) is 12.4 Å². The Morgan fingerprint density at radius 2 is 1.93 bits per heavy atom. The van der Waals surface area contributed by atoms with Crippen LogP contribution in [0.25, 0.3) is 0 Å². The molecule has 0 heterocycles. The molecule has 0 saturated carbocycles. The van der Waals surface area contributed by atoms with E-state index in [2.05, 4.69) is 6.92 Å². The maximum atomic E-state index is 5.92. The van der Waals surface area contributed by atoms with Crippen molar-refractivity contribution < 1.29 is 0 Å². The molecule has 0 aliphatic carbocycles. The van der Waals surface area contributed by atoms with Crippen LogP contribution >= 0.6 is 35.6 Å². The van der Waals surface area contributed by atoms with Crippen LogP contribution in [0.5, 0.6) is 0 Å². The molecule has 0 amide bonds. The van der Waals surface area contributed by atoms with Crippen molar-refractivity contribution in [2.24, 2.45) is 5.73 Å². The van der Waals surface area contributed by atoms with Gasteiger partial charge in [0.15, 0.2) is 0 Å². The first-order valence-corrected chi connectivity index (χ1v) is 5.11. The summed E-state index contributed by atoms with van der Waals surface area (Å²) in [6, 6.07) is 5.62. The number of benzene rings is 1. The summed E-state index contributed by atoms with van der Waals surface area (Å²) < 4.78 is 0. The lowest BCUT2D eigenvalue weighted by Gasteiger charge is -2.11. The third-order valence-corrected chi connectivity index (χ3v) is 2.71. The van der Waals surface area contributed by atoms with Crippen LogP contribution in [0.1, 0.15) is 31.4 Å². The third-order valence-electron chi connectivity index (χ3n) is 1.97. The number of nitrogens with two attached hydrogens (primary N) is 1. The van der Waals surface area contributed by atoms with Crippen molar-refractivity contribution in [3.63, 3.8) is 0 Å². The molecule has 2 N–H and O–H groups in total. The third kappa shape index (κ3) is 3.66. The first-order chi connectivity index (χ1) is 6.15. The number of hydrogen-bond acceptors (Lipinski definition) is 1. The largest absolute Gasteiger partial charge is 0.324 e. The van der Waals surface area contributed by atoms with Crippen LogP contribution < -0.4 is 5.73 Å². The van der Waals surface area contributed by atoms with Crippen LogP contribution in [0.4, 0.5) is 0 Å². The Bertz CT molecular complexity index is 289. The highest BCUT2D eigenvalue weighted by Crippen LogP contribution is 2.26. The quantitative estimate of drug-likeness (QED) is 0.859. The lowest BCUT2D eigenvalue weighted by Crippen LogP contribution is -2.09. The van der Waals surface area contributed by atoms with Gasteiger partial charge in [-0.25, -0.2) is 0 Å². The molecule has 1 rings (SSSR count). The number of rotatable bonds is 3. The monoisotopic (exact) mass is 253 g/mol. The summed E-state index contributed by atoms with van der Waals surface area (Å²) >= 11 is 11.7. The molecular weight excluding hydrogens is 240 g/mol. The molecule has 0 unspecified atom stereocenters. The minimum atomic E-state index is 0. The van der Waals surface area contributed by atoms with E-state index in [1.807, 2.05) is 12.1 Å². The maximum absolute atomic E-state index is 5.92. The lowest BCUT2D eigenvalue weighted by molar-refractivity contribution is 0.638. The van der Waals surface area contributed by atoms with Gasteiger partial charge in [-0.05, 0) is 24.1 Å². The Hall–Kier alpha value is 0.0500. The summed E-state index contributed by atoms with van der Waals surface area (Å²) in [5, 5.41) is 1.15. The molecule has 1 atom stereocenters. The lowest BCUT2D eigenvalue weighted by atomic mass is 10.0. The fraction of sp³-hybridized carbons (Fsp3) is 0.400. The minimum absolute atomic E-state index is 0. The molecule has 1 nitrogen and oxygen atoms in total. The molecular formula is C10H14Cl3N.